The zero-order chi connectivity index (χ0) is 7.73. The van der Waals surface area contributed by atoms with Crippen LogP contribution in [0.4, 0.5) is 0 Å². The fourth-order valence-corrected chi connectivity index (χ4v) is 3.75. The molecule has 1 saturated heterocycles. The van der Waals surface area contributed by atoms with Gasteiger partial charge in [-0.15, -0.1) is 0 Å². The second kappa shape index (κ2) is 2.94. The van der Waals surface area contributed by atoms with Crippen molar-refractivity contribution >= 4 is 28.3 Å². The van der Waals surface area contributed by atoms with E-state index in [0.29, 0.717) is 4.75 Å². The molecule has 2 fully saturated rings. The van der Waals surface area contributed by atoms with Gasteiger partial charge in [0.05, 0.1) is 0 Å². The molecule has 1 saturated carbocycles. The monoisotopic (exact) mass is 187 g/mol. The third kappa shape index (κ3) is 1.54. The van der Waals surface area contributed by atoms with E-state index < -0.39 is 0 Å². The molecular weight excluding hydrogens is 174 g/mol. The topological polar surface area (TPSA) is 12.0 Å². The zero-order valence-electron chi connectivity index (χ0n) is 6.56. The SMILES string of the molecule is S=C1NCC2(CCCCC2)S1. The van der Waals surface area contributed by atoms with Crippen LogP contribution in [0.3, 0.4) is 0 Å². The van der Waals surface area contributed by atoms with Gasteiger partial charge in [-0.05, 0) is 12.8 Å². The average molecular weight is 187 g/mol. The minimum atomic E-state index is 0.509. The summed E-state index contributed by atoms with van der Waals surface area (Å²) in [7, 11) is 0. The molecule has 1 aliphatic heterocycles. The third-order valence-electron chi connectivity index (χ3n) is 2.63. The van der Waals surface area contributed by atoms with Gasteiger partial charge in [-0.2, -0.15) is 0 Å². The Balaban J connectivity index is 2.03. The maximum atomic E-state index is 5.12. The second-order valence-electron chi connectivity index (χ2n) is 3.49. The molecule has 0 unspecified atom stereocenters. The van der Waals surface area contributed by atoms with Gasteiger partial charge in [0, 0.05) is 11.3 Å². The number of rotatable bonds is 0. The van der Waals surface area contributed by atoms with Crippen molar-refractivity contribution in [3.63, 3.8) is 0 Å². The summed E-state index contributed by atoms with van der Waals surface area (Å²) in [4.78, 5) is 0. The largest absolute Gasteiger partial charge is 0.370 e. The molecule has 1 nitrogen and oxygen atoms in total. The second-order valence-corrected chi connectivity index (χ2v) is 5.63. The lowest BCUT2D eigenvalue weighted by Gasteiger charge is -2.30. The van der Waals surface area contributed by atoms with Crippen molar-refractivity contribution in [2.24, 2.45) is 0 Å². The maximum absolute atomic E-state index is 5.12. The van der Waals surface area contributed by atoms with Crippen LogP contribution in [-0.2, 0) is 0 Å². The summed E-state index contributed by atoms with van der Waals surface area (Å²) < 4.78 is 1.53. The van der Waals surface area contributed by atoms with Gasteiger partial charge in [0.2, 0.25) is 0 Å². The molecule has 2 aliphatic rings. The first-order chi connectivity index (χ1) is 5.31. The van der Waals surface area contributed by atoms with Crippen LogP contribution in [0.5, 0.6) is 0 Å². The van der Waals surface area contributed by atoms with Gasteiger partial charge >= 0.3 is 0 Å². The van der Waals surface area contributed by atoms with E-state index in [-0.39, 0.29) is 0 Å². The molecule has 0 aromatic carbocycles. The van der Waals surface area contributed by atoms with Crippen molar-refractivity contribution in [3.8, 4) is 0 Å². The van der Waals surface area contributed by atoms with Crippen LogP contribution >= 0.6 is 24.0 Å². The quantitative estimate of drug-likeness (QED) is 0.584. The fraction of sp³-hybridized carbons (Fsp3) is 0.875. The van der Waals surface area contributed by atoms with Crippen LogP contribution in [0.2, 0.25) is 0 Å². The standard InChI is InChI=1S/C8H13NS2/c10-7-9-6-8(11-7)4-2-1-3-5-8/h1-6H2,(H,9,10). The highest BCUT2D eigenvalue weighted by Crippen LogP contribution is 2.42. The molecule has 2 rings (SSSR count). The predicted molar refractivity (Wildman–Crippen MR) is 54.0 cm³/mol. The lowest BCUT2D eigenvalue weighted by Crippen LogP contribution is -2.31. The first-order valence-electron chi connectivity index (χ1n) is 4.28. The molecule has 1 N–H and O–H groups in total. The van der Waals surface area contributed by atoms with E-state index in [0.717, 1.165) is 10.9 Å². The van der Waals surface area contributed by atoms with Crippen molar-refractivity contribution in [3.05, 3.63) is 0 Å². The lowest BCUT2D eigenvalue weighted by molar-refractivity contribution is 0.402. The van der Waals surface area contributed by atoms with Gasteiger partial charge in [0.1, 0.15) is 4.32 Å². The summed E-state index contributed by atoms with van der Waals surface area (Å²) in [6, 6.07) is 0. The predicted octanol–water partition coefficient (Wildman–Crippen LogP) is 2.31. The van der Waals surface area contributed by atoms with Crippen LogP contribution in [0.1, 0.15) is 32.1 Å². The molecule has 1 aliphatic carbocycles. The first-order valence-corrected chi connectivity index (χ1v) is 5.50. The summed E-state index contributed by atoms with van der Waals surface area (Å²) in [6.07, 6.45) is 6.96. The van der Waals surface area contributed by atoms with Crippen molar-refractivity contribution in [2.45, 2.75) is 36.9 Å². The Kier molecular flexibility index (Phi) is 2.10. The maximum Gasteiger partial charge on any atom is 0.134 e. The van der Waals surface area contributed by atoms with Crippen LogP contribution < -0.4 is 5.32 Å². The molecule has 0 aromatic rings. The van der Waals surface area contributed by atoms with Crippen molar-refractivity contribution in [1.29, 1.82) is 0 Å². The fourth-order valence-electron chi connectivity index (χ4n) is 1.98. The molecule has 0 atom stereocenters. The molecular formula is C8H13NS2. The molecule has 1 heterocycles. The van der Waals surface area contributed by atoms with Gasteiger partial charge in [0.15, 0.2) is 0 Å². The molecule has 1 spiro atoms. The van der Waals surface area contributed by atoms with Gasteiger partial charge < -0.3 is 5.32 Å². The van der Waals surface area contributed by atoms with Gasteiger partial charge in [-0.25, -0.2) is 0 Å². The molecule has 0 radical (unpaired) electrons. The average Bonchev–Trinajstić information content (AvgIpc) is 2.34. The molecule has 62 valence electrons. The molecule has 0 aromatic heterocycles. The Morgan fingerprint density at radius 1 is 1.27 bits per heavy atom. The van der Waals surface area contributed by atoms with Crippen molar-refractivity contribution in [1.82, 2.24) is 5.32 Å². The molecule has 0 amide bonds. The summed E-state index contributed by atoms with van der Waals surface area (Å²) >= 11 is 7.03. The van der Waals surface area contributed by atoms with E-state index >= 15 is 0 Å². The Morgan fingerprint density at radius 3 is 2.55 bits per heavy atom. The highest BCUT2D eigenvalue weighted by Gasteiger charge is 2.38. The van der Waals surface area contributed by atoms with Crippen LogP contribution in [0.15, 0.2) is 0 Å². The van der Waals surface area contributed by atoms with E-state index in [1.54, 1.807) is 0 Å². The molecule has 3 heteroatoms. The van der Waals surface area contributed by atoms with Gasteiger partial charge in [-0.3, -0.25) is 0 Å². The van der Waals surface area contributed by atoms with E-state index in [2.05, 4.69) is 5.32 Å². The zero-order valence-corrected chi connectivity index (χ0v) is 8.19. The summed E-state index contributed by atoms with van der Waals surface area (Å²) in [6.45, 7) is 1.12. The van der Waals surface area contributed by atoms with Gasteiger partial charge in [0.25, 0.3) is 0 Å². The number of thiocarbonyl (C=S) groups is 1. The van der Waals surface area contributed by atoms with Crippen molar-refractivity contribution < 1.29 is 0 Å². The normalized spacial score (nSPS) is 28.9. The molecule has 0 bridgehead atoms. The Labute approximate surface area is 77.3 Å². The highest BCUT2D eigenvalue weighted by atomic mass is 32.2. The van der Waals surface area contributed by atoms with Crippen LogP contribution in [-0.4, -0.2) is 15.6 Å². The van der Waals surface area contributed by atoms with Gasteiger partial charge in [-0.1, -0.05) is 43.2 Å². The number of thioether (sulfide) groups is 1. The Bertz CT molecular complexity index is 173. The lowest BCUT2D eigenvalue weighted by atomic mass is 9.88. The Morgan fingerprint density at radius 2 is 2.00 bits per heavy atom. The van der Waals surface area contributed by atoms with E-state index in [1.165, 1.54) is 32.1 Å². The van der Waals surface area contributed by atoms with E-state index in [9.17, 15) is 0 Å². The van der Waals surface area contributed by atoms with Crippen LogP contribution in [0, 0.1) is 0 Å². The number of hydrogen-bond donors (Lipinski definition) is 1. The summed E-state index contributed by atoms with van der Waals surface area (Å²) in [5.41, 5.74) is 0. The third-order valence-corrected chi connectivity index (χ3v) is 4.34. The van der Waals surface area contributed by atoms with E-state index in [1.807, 2.05) is 11.8 Å². The molecule has 11 heavy (non-hydrogen) atoms. The van der Waals surface area contributed by atoms with E-state index in [4.69, 9.17) is 12.2 Å². The number of hydrogen-bond acceptors (Lipinski definition) is 2. The number of nitrogens with one attached hydrogen (secondary N) is 1. The Hall–Kier alpha value is 0.240. The highest BCUT2D eigenvalue weighted by molar-refractivity contribution is 8.24. The first kappa shape index (κ1) is 7.87. The summed E-state index contributed by atoms with van der Waals surface area (Å²) in [5.74, 6) is 0. The van der Waals surface area contributed by atoms with Crippen LogP contribution in [0.25, 0.3) is 0 Å². The van der Waals surface area contributed by atoms with Crippen molar-refractivity contribution in [2.75, 3.05) is 6.54 Å². The smallest absolute Gasteiger partial charge is 0.134 e. The minimum absolute atomic E-state index is 0.509. The summed E-state index contributed by atoms with van der Waals surface area (Å²) in [5, 5.41) is 3.27. The minimum Gasteiger partial charge on any atom is -0.370 e.